The molecule has 0 amide bonds. The molecule has 0 aliphatic carbocycles. The van der Waals surface area contributed by atoms with Crippen LogP contribution in [0.5, 0.6) is 0 Å². The van der Waals surface area contributed by atoms with Gasteiger partial charge in [0.2, 0.25) is 0 Å². The van der Waals surface area contributed by atoms with Crippen LogP contribution in [0, 0.1) is 0 Å². The van der Waals surface area contributed by atoms with Gasteiger partial charge in [0.05, 0.1) is 3.79 Å². The van der Waals surface area contributed by atoms with E-state index < -0.39 is 0 Å². The number of hydrogen-bond donors (Lipinski definition) is 1. The van der Waals surface area contributed by atoms with Gasteiger partial charge in [-0.05, 0) is 63.6 Å². The zero-order valence-corrected chi connectivity index (χ0v) is 13.5. The molecule has 1 N–H and O–H groups in total. The number of rotatable bonds is 5. The highest BCUT2D eigenvalue weighted by atomic mass is 79.9. The Morgan fingerprint density at radius 2 is 2.06 bits per heavy atom. The zero-order chi connectivity index (χ0) is 13.0. The maximum Gasteiger partial charge on any atom is 0.0701 e. The molecule has 1 nitrogen and oxygen atoms in total. The van der Waals surface area contributed by atoms with Gasteiger partial charge in [-0.1, -0.05) is 29.3 Å². The van der Waals surface area contributed by atoms with E-state index in [1.54, 1.807) is 17.4 Å². The van der Waals surface area contributed by atoms with Crippen LogP contribution >= 0.6 is 50.5 Å². The Kier molecular flexibility index (Phi) is 5.52. The summed E-state index contributed by atoms with van der Waals surface area (Å²) in [5.74, 6) is 0. The van der Waals surface area contributed by atoms with E-state index in [0.717, 1.165) is 30.1 Å². The number of thiophene rings is 1. The summed E-state index contributed by atoms with van der Waals surface area (Å²) in [5, 5.41) is 6.96. The lowest BCUT2D eigenvalue weighted by atomic mass is 10.1. The predicted molar refractivity (Wildman–Crippen MR) is 83.9 cm³/mol. The summed E-state index contributed by atoms with van der Waals surface area (Å²) >= 11 is 17.1. The van der Waals surface area contributed by atoms with Gasteiger partial charge >= 0.3 is 0 Å². The van der Waals surface area contributed by atoms with E-state index in [1.807, 2.05) is 12.1 Å². The Hall–Kier alpha value is -0.0600. The first kappa shape index (κ1) is 14.4. The van der Waals surface area contributed by atoms with E-state index in [0.29, 0.717) is 5.02 Å². The van der Waals surface area contributed by atoms with Gasteiger partial charge in [0.15, 0.2) is 0 Å². The lowest BCUT2D eigenvalue weighted by Gasteiger charge is -2.06. The summed E-state index contributed by atoms with van der Waals surface area (Å²) in [6, 6.07) is 7.77. The molecule has 18 heavy (non-hydrogen) atoms. The SMILES string of the molecule is Clc1ccc(CCNCc2csc(Br)c2)c(Cl)c1. The quantitative estimate of drug-likeness (QED) is 0.723. The number of nitrogens with one attached hydrogen (secondary N) is 1. The Bertz CT molecular complexity index is 527. The summed E-state index contributed by atoms with van der Waals surface area (Å²) in [4.78, 5) is 0. The van der Waals surface area contributed by atoms with Crippen LogP contribution < -0.4 is 5.32 Å². The summed E-state index contributed by atoms with van der Waals surface area (Å²) in [6.45, 7) is 1.78. The highest BCUT2D eigenvalue weighted by molar-refractivity contribution is 9.11. The largest absolute Gasteiger partial charge is 0.312 e. The smallest absolute Gasteiger partial charge is 0.0701 e. The first-order valence-electron chi connectivity index (χ1n) is 5.53. The van der Waals surface area contributed by atoms with Crippen LogP contribution in [0.1, 0.15) is 11.1 Å². The maximum atomic E-state index is 6.11. The maximum absolute atomic E-state index is 6.11. The lowest BCUT2D eigenvalue weighted by Crippen LogP contribution is -2.16. The second-order valence-electron chi connectivity index (χ2n) is 3.92. The van der Waals surface area contributed by atoms with Gasteiger partial charge in [-0.25, -0.2) is 0 Å². The van der Waals surface area contributed by atoms with E-state index >= 15 is 0 Å². The van der Waals surface area contributed by atoms with Crippen LogP contribution in [0.25, 0.3) is 0 Å². The van der Waals surface area contributed by atoms with Crippen molar-refractivity contribution in [3.05, 3.63) is 54.6 Å². The van der Waals surface area contributed by atoms with Crippen LogP contribution in [0.2, 0.25) is 10.0 Å². The lowest BCUT2D eigenvalue weighted by molar-refractivity contribution is 0.688. The third-order valence-electron chi connectivity index (χ3n) is 2.54. The molecule has 0 fully saturated rings. The van der Waals surface area contributed by atoms with Gasteiger partial charge in [-0.2, -0.15) is 0 Å². The first-order chi connectivity index (χ1) is 8.65. The minimum absolute atomic E-state index is 0.680. The molecule has 1 aromatic carbocycles. The molecule has 0 aliphatic heterocycles. The molecular weight excluding hydrogens is 353 g/mol. The molecule has 0 saturated heterocycles. The Labute approximate surface area is 129 Å². The Balaban J connectivity index is 1.78. The molecule has 0 unspecified atom stereocenters. The van der Waals surface area contributed by atoms with Crippen LogP contribution in [-0.2, 0) is 13.0 Å². The molecule has 0 radical (unpaired) electrons. The van der Waals surface area contributed by atoms with Crippen molar-refractivity contribution in [2.24, 2.45) is 0 Å². The van der Waals surface area contributed by atoms with Gasteiger partial charge < -0.3 is 5.32 Å². The van der Waals surface area contributed by atoms with Crippen molar-refractivity contribution < 1.29 is 0 Å². The van der Waals surface area contributed by atoms with E-state index in [1.165, 1.54) is 9.35 Å². The van der Waals surface area contributed by atoms with E-state index in [2.05, 4.69) is 32.7 Å². The fraction of sp³-hybridized carbons (Fsp3) is 0.231. The second-order valence-corrected chi connectivity index (χ2v) is 7.06. The highest BCUT2D eigenvalue weighted by Gasteiger charge is 2.01. The van der Waals surface area contributed by atoms with Crippen molar-refractivity contribution in [3.63, 3.8) is 0 Å². The van der Waals surface area contributed by atoms with E-state index in [4.69, 9.17) is 23.2 Å². The molecule has 0 aliphatic rings. The van der Waals surface area contributed by atoms with Crippen molar-refractivity contribution in [2.75, 3.05) is 6.54 Å². The molecule has 1 heterocycles. The van der Waals surface area contributed by atoms with Crippen molar-refractivity contribution in [2.45, 2.75) is 13.0 Å². The summed E-state index contributed by atoms with van der Waals surface area (Å²) in [5.41, 5.74) is 2.43. The average Bonchev–Trinajstić information content (AvgIpc) is 2.73. The van der Waals surface area contributed by atoms with E-state index in [9.17, 15) is 0 Å². The summed E-state index contributed by atoms with van der Waals surface area (Å²) in [6.07, 6.45) is 0.904. The standard InChI is InChI=1S/C13H12BrCl2NS/c14-13-5-9(8-18-13)7-17-4-3-10-1-2-11(15)6-12(10)16/h1-2,5-6,8,17H,3-4,7H2. The van der Waals surface area contributed by atoms with Crippen molar-refractivity contribution in [1.82, 2.24) is 5.32 Å². The second kappa shape index (κ2) is 6.92. The van der Waals surface area contributed by atoms with Crippen molar-refractivity contribution >= 4 is 50.5 Å². The summed E-state index contributed by atoms with van der Waals surface area (Å²) in [7, 11) is 0. The molecule has 0 atom stereocenters. The Morgan fingerprint density at radius 3 is 2.72 bits per heavy atom. The zero-order valence-electron chi connectivity index (χ0n) is 9.55. The fourth-order valence-corrected chi connectivity index (χ4v) is 3.33. The molecule has 1 aromatic heterocycles. The minimum atomic E-state index is 0.680. The summed E-state index contributed by atoms with van der Waals surface area (Å²) < 4.78 is 1.17. The number of benzene rings is 1. The minimum Gasteiger partial charge on any atom is -0.312 e. The third kappa shape index (κ3) is 4.25. The van der Waals surface area contributed by atoms with Gasteiger partial charge in [0.1, 0.15) is 0 Å². The normalized spacial score (nSPS) is 10.8. The fourth-order valence-electron chi connectivity index (χ4n) is 1.62. The van der Waals surface area contributed by atoms with Gasteiger partial charge in [-0.3, -0.25) is 0 Å². The van der Waals surface area contributed by atoms with Crippen molar-refractivity contribution in [1.29, 1.82) is 0 Å². The Morgan fingerprint density at radius 1 is 1.22 bits per heavy atom. The van der Waals surface area contributed by atoms with Crippen LogP contribution in [-0.4, -0.2) is 6.54 Å². The van der Waals surface area contributed by atoms with Crippen LogP contribution in [0.3, 0.4) is 0 Å². The van der Waals surface area contributed by atoms with Crippen LogP contribution in [0.15, 0.2) is 33.4 Å². The molecule has 0 saturated carbocycles. The molecular formula is C13H12BrCl2NS. The predicted octanol–water partition coefficient (Wildman–Crippen LogP) is 5.15. The molecule has 2 aromatic rings. The molecule has 0 bridgehead atoms. The molecule has 5 heteroatoms. The molecule has 2 rings (SSSR count). The first-order valence-corrected chi connectivity index (χ1v) is 7.95. The van der Waals surface area contributed by atoms with Gasteiger partial charge in [-0.15, -0.1) is 11.3 Å². The number of halogens is 3. The van der Waals surface area contributed by atoms with Gasteiger partial charge in [0, 0.05) is 16.6 Å². The monoisotopic (exact) mass is 363 g/mol. The van der Waals surface area contributed by atoms with Crippen molar-refractivity contribution in [3.8, 4) is 0 Å². The van der Waals surface area contributed by atoms with Crippen LogP contribution in [0.4, 0.5) is 0 Å². The molecule has 96 valence electrons. The number of hydrogen-bond acceptors (Lipinski definition) is 2. The highest BCUT2D eigenvalue weighted by Crippen LogP contribution is 2.22. The average molecular weight is 365 g/mol. The van der Waals surface area contributed by atoms with Gasteiger partial charge in [0.25, 0.3) is 0 Å². The topological polar surface area (TPSA) is 12.0 Å². The third-order valence-corrected chi connectivity index (χ3v) is 4.68. The van der Waals surface area contributed by atoms with E-state index in [-0.39, 0.29) is 0 Å². The molecule has 0 spiro atoms.